The van der Waals surface area contributed by atoms with Crippen LogP contribution in [0.3, 0.4) is 0 Å². The molecule has 0 saturated heterocycles. The first-order chi connectivity index (χ1) is 9.19. The SMILES string of the molecule is CCC(Cc1ccccc1)Nc1cc(Br)ccc1F. The van der Waals surface area contributed by atoms with Gasteiger partial charge in [0.15, 0.2) is 0 Å². The molecule has 2 rings (SSSR count). The summed E-state index contributed by atoms with van der Waals surface area (Å²) in [5.74, 6) is -0.213. The summed E-state index contributed by atoms with van der Waals surface area (Å²) < 4.78 is 14.6. The molecule has 1 atom stereocenters. The fourth-order valence-electron chi connectivity index (χ4n) is 2.02. The maximum atomic E-state index is 13.7. The number of nitrogens with one attached hydrogen (secondary N) is 1. The molecule has 0 spiro atoms. The predicted octanol–water partition coefficient (Wildman–Crippen LogP) is 5.02. The van der Waals surface area contributed by atoms with E-state index in [1.807, 2.05) is 18.2 Å². The lowest BCUT2D eigenvalue weighted by molar-refractivity contribution is 0.618. The number of halogens is 2. The molecule has 1 nitrogen and oxygen atoms in total. The quantitative estimate of drug-likeness (QED) is 0.815. The molecule has 1 unspecified atom stereocenters. The van der Waals surface area contributed by atoms with E-state index in [0.29, 0.717) is 5.69 Å². The Balaban J connectivity index is 2.09. The highest BCUT2D eigenvalue weighted by Gasteiger charge is 2.10. The molecule has 19 heavy (non-hydrogen) atoms. The largest absolute Gasteiger partial charge is 0.380 e. The van der Waals surface area contributed by atoms with Gasteiger partial charge in [-0.15, -0.1) is 0 Å². The van der Waals surface area contributed by atoms with E-state index in [0.717, 1.165) is 17.3 Å². The maximum absolute atomic E-state index is 13.7. The summed E-state index contributed by atoms with van der Waals surface area (Å²) >= 11 is 3.37. The van der Waals surface area contributed by atoms with Crippen molar-refractivity contribution in [1.82, 2.24) is 0 Å². The normalized spacial score (nSPS) is 12.2. The molecule has 0 amide bonds. The van der Waals surface area contributed by atoms with E-state index in [4.69, 9.17) is 0 Å². The standard InChI is InChI=1S/C16H17BrFN/c1-2-14(10-12-6-4-3-5-7-12)19-16-11-13(17)8-9-15(16)18/h3-9,11,14,19H,2,10H2,1H3. The smallest absolute Gasteiger partial charge is 0.146 e. The molecule has 3 heteroatoms. The molecule has 0 aliphatic rings. The van der Waals surface area contributed by atoms with Crippen LogP contribution in [-0.4, -0.2) is 6.04 Å². The predicted molar refractivity (Wildman–Crippen MR) is 81.9 cm³/mol. The van der Waals surface area contributed by atoms with Gasteiger partial charge >= 0.3 is 0 Å². The Hall–Kier alpha value is -1.35. The molecule has 0 aromatic heterocycles. The Morgan fingerprint density at radius 1 is 1.16 bits per heavy atom. The number of rotatable bonds is 5. The van der Waals surface area contributed by atoms with Crippen molar-refractivity contribution in [1.29, 1.82) is 0 Å². The molecule has 1 N–H and O–H groups in total. The van der Waals surface area contributed by atoms with Crippen LogP contribution in [0, 0.1) is 5.82 Å². The van der Waals surface area contributed by atoms with E-state index in [2.05, 4.69) is 40.3 Å². The third-order valence-corrected chi connectivity index (χ3v) is 3.60. The Morgan fingerprint density at radius 2 is 1.89 bits per heavy atom. The summed E-state index contributed by atoms with van der Waals surface area (Å²) in [6.07, 6.45) is 1.84. The van der Waals surface area contributed by atoms with E-state index in [-0.39, 0.29) is 11.9 Å². The first-order valence-corrected chi connectivity index (χ1v) is 7.24. The number of hydrogen-bond acceptors (Lipinski definition) is 1. The first-order valence-electron chi connectivity index (χ1n) is 6.44. The number of hydrogen-bond donors (Lipinski definition) is 1. The van der Waals surface area contributed by atoms with Crippen LogP contribution in [0.2, 0.25) is 0 Å². The fraction of sp³-hybridized carbons (Fsp3) is 0.250. The van der Waals surface area contributed by atoms with E-state index < -0.39 is 0 Å². The van der Waals surface area contributed by atoms with Crippen molar-refractivity contribution < 1.29 is 4.39 Å². The Labute approximate surface area is 122 Å². The molecular formula is C16H17BrFN. The summed E-state index contributed by atoms with van der Waals surface area (Å²) in [6.45, 7) is 2.11. The van der Waals surface area contributed by atoms with Crippen molar-refractivity contribution in [3.63, 3.8) is 0 Å². The summed E-state index contributed by atoms with van der Waals surface area (Å²) in [5, 5.41) is 3.28. The van der Waals surface area contributed by atoms with Gasteiger partial charge in [0.2, 0.25) is 0 Å². The molecule has 0 saturated carbocycles. The fourth-order valence-corrected chi connectivity index (χ4v) is 2.39. The van der Waals surface area contributed by atoms with Gasteiger partial charge in [-0.05, 0) is 36.6 Å². The monoisotopic (exact) mass is 321 g/mol. The third-order valence-electron chi connectivity index (χ3n) is 3.11. The molecule has 0 aliphatic heterocycles. The lowest BCUT2D eigenvalue weighted by Crippen LogP contribution is -2.21. The van der Waals surface area contributed by atoms with Crippen LogP contribution in [-0.2, 0) is 6.42 Å². The highest BCUT2D eigenvalue weighted by Crippen LogP contribution is 2.22. The summed E-state index contributed by atoms with van der Waals surface area (Å²) in [5.41, 5.74) is 1.81. The van der Waals surface area contributed by atoms with Gasteiger partial charge in [-0.1, -0.05) is 53.2 Å². The maximum Gasteiger partial charge on any atom is 0.146 e. The lowest BCUT2D eigenvalue weighted by Gasteiger charge is -2.19. The van der Waals surface area contributed by atoms with E-state index in [9.17, 15) is 4.39 Å². The van der Waals surface area contributed by atoms with Crippen molar-refractivity contribution in [3.8, 4) is 0 Å². The molecular weight excluding hydrogens is 305 g/mol. The zero-order chi connectivity index (χ0) is 13.7. The second-order valence-corrected chi connectivity index (χ2v) is 5.48. The van der Waals surface area contributed by atoms with Gasteiger partial charge in [0.1, 0.15) is 5.82 Å². The molecule has 0 radical (unpaired) electrons. The van der Waals surface area contributed by atoms with Crippen LogP contribution in [0.25, 0.3) is 0 Å². The van der Waals surface area contributed by atoms with E-state index in [1.54, 1.807) is 12.1 Å². The van der Waals surface area contributed by atoms with Gasteiger partial charge in [-0.2, -0.15) is 0 Å². The van der Waals surface area contributed by atoms with Gasteiger partial charge < -0.3 is 5.32 Å². The van der Waals surface area contributed by atoms with Crippen LogP contribution < -0.4 is 5.32 Å². The molecule has 2 aromatic carbocycles. The third kappa shape index (κ3) is 4.06. The van der Waals surface area contributed by atoms with Gasteiger partial charge in [0, 0.05) is 10.5 Å². The Bertz CT molecular complexity index is 528. The van der Waals surface area contributed by atoms with Gasteiger partial charge in [-0.3, -0.25) is 0 Å². The van der Waals surface area contributed by atoms with E-state index >= 15 is 0 Å². The average molecular weight is 322 g/mol. The molecule has 0 aliphatic carbocycles. The Morgan fingerprint density at radius 3 is 2.58 bits per heavy atom. The summed E-state index contributed by atoms with van der Waals surface area (Å²) in [6, 6.07) is 15.5. The van der Waals surface area contributed by atoms with Crippen molar-refractivity contribution in [3.05, 3.63) is 64.4 Å². The minimum absolute atomic E-state index is 0.213. The summed E-state index contributed by atoms with van der Waals surface area (Å²) in [4.78, 5) is 0. The molecule has 0 heterocycles. The summed E-state index contributed by atoms with van der Waals surface area (Å²) in [7, 11) is 0. The zero-order valence-electron chi connectivity index (χ0n) is 10.9. The van der Waals surface area contributed by atoms with Crippen LogP contribution in [0.15, 0.2) is 53.0 Å². The first kappa shape index (κ1) is 14.1. The minimum Gasteiger partial charge on any atom is -0.380 e. The number of anilines is 1. The molecule has 0 bridgehead atoms. The molecule has 0 fully saturated rings. The van der Waals surface area contributed by atoms with Crippen LogP contribution in [0.4, 0.5) is 10.1 Å². The molecule has 100 valence electrons. The number of benzene rings is 2. The van der Waals surface area contributed by atoms with Crippen LogP contribution in [0.1, 0.15) is 18.9 Å². The highest BCUT2D eigenvalue weighted by atomic mass is 79.9. The van der Waals surface area contributed by atoms with Crippen molar-refractivity contribution in [2.75, 3.05) is 5.32 Å². The van der Waals surface area contributed by atoms with Crippen molar-refractivity contribution in [2.24, 2.45) is 0 Å². The van der Waals surface area contributed by atoms with Crippen molar-refractivity contribution >= 4 is 21.6 Å². The van der Waals surface area contributed by atoms with Gasteiger partial charge in [0.05, 0.1) is 5.69 Å². The lowest BCUT2D eigenvalue weighted by atomic mass is 10.0. The van der Waals surface area contributed by atoms with Crippen LogP contribution >= 0.6 is 15.9 Å². The van der Waals surface area contributed by atoms with Crippen molar-refractivity contribution in [2.45, 2.75) is 25.8 Å². The van der Waals surface area contributed by atoms with Gasteiger partial charge in [0.25, 0.3) is 0 Å². The van der Waals surface area contributed by atoms with E-state index in [1.165, 1.54) is 11.6 Å². The highest BCUT2D eigenvalue weighted by molar-refractivity contribution is 9.10. The second kappa shape index (κ2) is 6.71. The topological polar surface area (TPSA) is 12.0 Å². The minimum atomic E-state index is -0.213. The second-order valence-electron chi connectivity index (χ2n) is 4.56. The van der Waals surface area contributed by atoms with Crippen LogP contribution in [0.5, 0.6) is 0 Å². The van der Waals surface area contributed by atoms with Gasteiger partial charge in [-0.25, -0.2) is 4.39 Å². The molecule has 2 aromatic rings. The Kier molecular flexibility index (Phi) is 4.97. The zero-order valence-corrected chi connectivity index (χ0v) is 12.5. The average Bonchev–Trinajstić information content (AvgIpc) is 2.43.